The minimum Gasteiger partial charge on any atom is -0.387 e. The van der Waals surface area contributed by atoms with Crippen LogP contribution in [-0.4, -0.2) is 37.9 Å². The highest BCUT2D eigenvalue weighted by atomic mass is 32.2. The highest BCUT2D eigenvalue weighted by Crippen LogP contribution is 1.91. The molecule has 0 unspecified atom stereocenters. The number of carbonyl (C=O) groups is 2. The van der Waals surface area contributed by atoms with Crippen LogP contribution in [0.15, 0.2) is 23.0 Å². The van der Waals surface area contributed by atoms with Gasteiger partial charge in [-0.1, -0.05) is 0 Å². The lowest BCUT2D eigenvalue weighted by molar-refractivity contribution is -0.152. The largest absolute Gasteiger partial charge is 0.387 e. The van der Waals surface area contributed by atoms with E-state index in [1.54, 1.807) is 0 Å². The Morgan fingerprint density at radius 2 is 1.12 bits per heavy atom. The standard InChI is InChI=1S/C6H6O9S2/c7-5(1-3-16(9,10)11)15-6(8)2-4-17(12,13)14/h1-4H,(H,9,10,11)(H,12,13,14)/b3-1+,4-2+. The summed E-state index contributed by atoms with van der Waals surface area (Å²) in [5.41, 5.74) is 0. The molecule has 0 heterocycles. The fraction of sp³-hybridized carbons (Fsp3) is 0. The molecule has 0 bridgehead atoms. The summed E-state index contributed by atoms with van der Waals surface area (Å²) in [6.07, 6.45) is 0.461. The van der Waals surface area contributed by atoms with Crippen molar-refractivity contribution in [2.24, 2.45) is 0 Å². The van der Waals surface area contributed by atoms with Gasteiger partial charge in [-0.2, -0.15) is 16.8 Å². The Morgan fingerprint density at radius 1 is 0.824 bits per heavy atom. The first-order valence-corrected chi connectivity index (χ1v) is 6.57. The van der Waals surface area contributed by atoms with Crippen molar-refractivity contribution in [1.29, 1.82) is 0 Å². The maximum Gasteiger partial charge on any atom is 0.339 e. The first-order valence-electron chi connectivity index (χ1n) is 3.56. The van der Waals surface area contributed by atoms with Crippen molar-refractivity contribution in [3.05, 3.63) is 23.0 Å². The molecule has 17 heavy (non-hydrogen) atoms. The van der Waals surface area contributed by atoms with Gasteiger partial charge in [0.1, 0.15) is 0 Å². The van der Waals surface area contributed by atoms with E-state index in [4.69, 9.17) is 9.11 Å². The Balaban J connectivity index is 4.48. The molecule has 2 N–H and O–H groups in total. The second-order valence-corrected chi connectivity index (χ2v) is 4.98. The van der Waals surface area contributed by atoms with E-state index in [1.165, 1.54) is 0 Å². The van der Waals surface area contributed by atoms with Crippen LogP contribution in [0, 0.1) is 0 Å². The van der Waals surface area contributed by atoms with Gasteiger partial charge in [-0.15, -0.1) is 0 Å². The van der Waals surface area contributed by atoms with Crippen molar-refractivity contribution >= 4 is 32.2 Å². The Kier molecular flexibility index (Phi) is 5.15. The molecule has 0 fully saturated rings. The van der Waals surface area contributed by atoms with Crippen molar-refractivity contribution < 1.29 is 40.3 Å². The molecule has 0 rings (SSSR count). The Labute approximate surface area is 95.9 Å². The topological polar surface area (TPSA) is 152 Å². The average molecular weight is 286 g/mol. The third-order valence-electron chi connectivity index (χ3n) is 0.953. The molecule has 0 saturated carbocycles. The van der Waals surface area contributed by atoms with E-state index in [9.17, 15) is 26.4 Å². The summed E-state index contributed by atoms with van der Waals surface area (Å²) in [5.74, 6) is -2.90. The summed E-state index contributed by atoms with van der Waals surface area (Å²) in [6.45, 7) is 0. The molecule has 0 saturated heterocycles. The molecule has 9 nitrogen and oxygen atoms in total. The van der Waals surface area contributed by atoms with Gasteiger partial charge in [0.2, 0.25) is 0 Å². The van der Waals surface area contributed by atoms with Crippen LogP contribution >= 0.6 is 0 Å². The molecule has 0 aromatic rings. The summed E-state index contributed by atoms with van der Waals surface area (Å²) < 4.78 is 60.7. The van der Waals surface area contributed by atoms with Gasteiger partial charge in [-0.25, -0.2) is 9.59 Å². The second kappa shape index (κ2) is 5.67. The van der Waals surface area contributed by atoms with Gasteiger partial charge in [-0.05, 0) is 0 Å². The summed E-state index contributed by atoms with van der Waals surface area (Å²) in [4.78, 5) is 21.3. The van der Waals surface area contributed by atoms with E-state index < -0.39 is 32.2 Å². The maximum atomic E-state index is 10.7. The van der Waals surface area contributed by atoms with Crippen molar-refractivity contribution in [1.82, 2.24) is 0 Å². The lowest BCUT2D eigenvalue weighted by Gasteiger charge is -1.93. The molecule has 0 aliphatic heterocycles. The van der Waals surface area contributed by atoms with Gasteiger partial charge < -0.3 is 4.74 Å². The highest BCUT2D eigenvalue weighted by Gasteiger charge is 2.07. The first-order chi connectivity index (χ1) is 7.49. The normalized spacial score (nSPS) is 13.1. The summed E-state index contributed by atoms with van der Waals surface area (Å²) in [7, 11) is -9.07. The molecular formula is C6H6O9S2. The van der Waals surface area contributed by atoms with Crippen LogP contribution in [0.3, 0.4) is 0 Å². The molecule has 0 aromatic heterocycles. The molecule has 0 spiro atoms. The van der Waals surface area contributed by atoms with Crippen LogP contribution in [0.5, 0.6) is 0 Å². The third kappa shape index (κ3) is 10.7. The minimum atomic E-state index is -4.54. The van der Waals surface area contributed by atoms with Crippen molar-refractivity contribution in [2.45, 2.75) is 0 Å². The van der Waals surface area contributed by atoms with Gasteiger partial charge in [0.25, 0.3) is 20.2 Å². The number of esters is 2. The number of hydrogen-bond acceptors (Lipinski definition) is 7. The predicted molar refractivity (Wildman–Crippen MR) is 52.5 cm³/mol. The van der Waals surface area contributed by atoms with E-state index in [2.05, 4.69) is 4.74 Å². The van der Waals surface area contributed by atoms with Crippen LogP contribution in [0.25, 0.3) is 0 Å². The van der Waals surface area contributed by atoms with E-state index in [0.29, 0.717) is 0 Å². The van der Waals surface area contributed by atoms with Crippen molar-refractivity contribution in [3.63, 3.8) is 0 Å². The monoisotopic (exact) mass is 286 g/mol. The Bertz CT molecular complexity index is 511. The molecule has 0 atom stereocenters. The summed E-state index contributed by atoms with van der Waals surface area (Å²) in [6, 6.07) is 0. The van der Waals surface area contributed by atoms with Gasteiger partial charge in [0.15, 0.2) is 0 Å². The zero-order valence-corrected chi connectivity index (χ0v) is 9.51. The van der Waals surface area contributed by atoms with Gasteiger partial charge in [0.05, 0.1) is 10.8 Å². The van der Waals surface area contributed by atoms with Crippen LogP contribution in [0.4, 0.5) is 0 Å². The molecule has 0 aliphatic rings. The molecule has 0 radical (unpaired) electrons. The maximum absolute atomic E-state index is 10.7. The Hall–Kier alpha value is -1.56. The molecular weight excluding hydrogens is 280 g/mol. The van der Waals surface area contributed by atoms with E-state index in [0.717, 1.165) is 0 Å². The smallest absolute Gasteiger partial charge is 0.339 e. The predicted octanol–water partition coefficient (Wildman–Crippen LogP) is -1.14. The minimum absolute atomic E-state index is 0.0646. The quantitative estimate of drug-likeness (QED) is 0.282. The van der Waals surface area contributed by atoms with Crippen molar-refractivity contribution in [2.75, 3.05) is 0 Å². The zero-order chi connectivity index (χ0) is 13.7. The van der Waals surface area contributed by atoms with E-state index in [-0.39, 0.29) is 23.0 Å². The second-order valence-electron chi connectivity index (χ2n) is 2.38. The van der Waals surface area contributed by atoms with Gasteiger partial charge in [0, 0.05) is 12.2 Å². The van der Waals surface area contributed by atoms with Crippen LogP contribution in [0.2, 0.25) is 0 Å². The lowest BCUT2D eigenvalue weighted by Crippen LogP contribution is -2.08. The number of hydrogen-bond donors (Lipinski definition) is 2. The molecule has 96 valence electrons. The van der Waals surface area contributed by atoms with Crippen LogP contribution < -0.4 is 0 Å². The Morgan fingerprint density at radius 3 is 1.35 bits per heavy atom. The summed E-state index contributed by atoms with van der Waals surface area (Å²) in [5, 5.41) is 0.129. The summed E-state index contributed by atoms with van der Waals surface area (Å²) >= 11 is 0. The van der Waals surface area contributed by atoms with Crippen molar-refractivity contribution in [3.8, 4) is 0 Å². The SMILES string of the molecule is O=C(/C=C/S(=O)(=O)O)OC(=O)/C=C/S(=O)(=O)O. The fourth-order valence-electron chi connectivity index (χ4n) is 0.450. The lowest BCUT2D eigenvalue weighted by atomic mass is 10.6. The number of carbonyl (C=O) groups excluding carboxylic acids is 2. The highest BCUT2D eigenvalue weighted by molar-refractivity contribution is 7.89. The molecule has 0 amide bonds. The number of ether oxygens (including phenoxy) is 1. The fourth-order valence-corrected chi connectivity index (χ4v) is 1.02. The average Bonchev–Trinajstić information content (AvgIpc) is 2.09. The van der Waals surface area contributed by atoms with Gasteiger partial charge >= 0.3 is 11.9 Å². The zero-order valence-electron chi connectivity index (χ0n) is 7.88. The first kappa shape index (κ1) is 15.4. The van der Waals surface area contributed by atoms with Crippen LogP contribution in [0.1, 0.15) is 0 Å². The molecule has 11 heteroatoms. The van der Waals surface area contributed by atoms with Gasteiger partial charge in [-0.3, -0.25) is 9.11 Å². The van der Waals surface area contributed by atoms with E-state index >= 15 is 0 Å². The van der Waals surface area contributed by atoms with E-state index in [1.807, 2.05) is 0 Å². The third-order valence-corrected chi connectivity index (χ3v) is 1.91. The molecule has 0 aliphatic carbocycles. The molecule has 0 aromatic carbocycles. The number of rotatable bonds is 4. The van der Waals surface area contributed by atoms with Crippen LogP contribution in [-0.2, 0) is 34.6 Å².